The van der Waals surface area contributed by atoms with Gasteiger partial charge in [-0.1, -0.05) is 6.07 Å². The second-order valence-electron chi connectivity index (χ2n) is 6.16. The third-order valence-corrected chi connectivity index (χ3v) is 4.27. The van der Waals surface area contributed by atoms with E-state index >= 15 is 0 Å². The largest absolute Gasteiger partial charge is 0.376 e. The summed E-state index contributed by atoms with van der Waals surface area (Å²) in [5, 5.41) is 2.84. The summed E-state index contributed by atoms with van der Waals surface area (Å²) in [5.74, 6) is 0.207. The standard InChI is InChI=1S/C18H22N4O3/c1-12-14(10-16(23)20-11-13-6-3-5-9-25-13)18(24)22-17(21-12)15-7-2-4-8-19-15/h2,4,7-8,13H,3,5-6,9-11H2,1H3,(H,20,23)(H,21,22,24). The first kappa shape index (κ1) is 17.3. The van der Waals surface area contributed by atoms with Crippen LogP contribution in [-0.2, 0) is 16.0 Å². The maximum Gasteiger partial charge on any atom is 0.255 e. The molecule has 0 radical (unpaired) electrons. The highest BCUT2D eigenvalue weighted by atomic mass is 16.5. The number of carbonyl (C=O) groups excluding carboxylic acids is 1. The maximum atomic E-state index is 12.3. The summed E-state index contributed by atoms with van der Waals surface area (Å²) in [7, 11) is 0. The summed E-state index contributed by atoms with van der Waals surface area (Å²) in [6, 6.07) is 5.39. The average Bonchev–Trinajstić information content (AvgIpc) is 2.64. The van der Waals surface area contributed by atoms with Gasteiger partial charge in [0, 0.05) is 30.6 Å². The number of rotatable bonds is 5. The highest BCUT2D eigenvalue weighted by Crippen LogP contribution is 2.12. The Hall–Kier alpha value is -2.54. The van der Waals surface area contributed by atoms with Crippen molar-refractivity contribution in [1.29, 1.82) is 0 Å². The van der Waals surface area contributed by atoms with E-state index in [9.17, 15) is 9.59 Å². The Morgan fingerprint density at radius 2 is 2.28 bits per heavy atom. The van der Waals surface area contributed by atoms with Crippen LogP contribution in [0, 0.1) is 6.92 Å². The minimum Gasteiger partial charge on any atom is -0.376 e. The highest BCUT2D eigenvalue weighted by molar-refractivity contribution is 5.78. The fourth-order valence-electron chi connectivity index (χ4n) is 2.86. The molecule has 1 unspecified atom stereocenters. The normalized spacial score (nSPS) is 17.2. The predicted molar refractivity (Wildman–Crippen MR) is 93.1 cm³/mol. The van der Waals surface area contributed by atoms with Crippen molar-refractivity contribution in [3.05, 3.63) is 46.0 Å². The highest BCUT2D eigenvalue weighted by Gasteiger charge is 2.17. The van der Waals surface area contributed by atoms with E-state index in [0.29, 0.717) is 29.3 Å². The number of pyridine rings is 1. The van der Waals surface area contributed by atoms with Gasteiger partial charge in [0.15, 0.2) is 5.82 Å². The van der Waals surface area contributed by atoms with Crippen LogP contribution >= 0.6 is 0 Å². The van der Waals surface area contributed by atoms with Gasteiger partial charge >= 0.3 is 0 Å². The number of amides is 1. The Labute approximate surface area is 145 Å². The lowest BCUT2D eigenvalue weighted by atomic mass is 10.1. The number of nitrogens with zero attached hydrogens (tertiary/aromatic N) is 2. The Kier molecular flexibility index (Phi) is 5.55. The van der Waals surface area contributed by atoms with Gasteiger partial charge in [-0.05, 0) is 38.3 Å². The van der Waals surface area contributed by atoms with Crippen molar-refractivity contribution >= 4 is 5.91 Å². The quantitative estimate of drug-likeness (QED) is 0.855. The Morgan fingerprint density at radius 3 is 2.96 bits per heavy atom. The van der Waals surface area contributed by atoms with Crippen LogP contribution in [0.4, 0.5) is 0 Å². The molecule has 0 aliphatic carbocycles. The zero-order chi connectivity index (χ0) is 17.6. The second-order valence-corrected chi connectivity index (χ2v) is 6.16. The van der Waals surface area contributed by atoms with Gasteiger partial charge < -0.3 is 15.0 Å². The van der Waals surface area contributed by atoms with Gasteiger partial charge in [-0.2, -0.15) is 0 Å². The molecule has 1 fully saturated rings. The Balaban J connectivity index is 1.66. The predicted octanol–water partition coefficient (Wildman–Crippen LogP) is 1.37. The topological polar surface area (TPSA) is 97.0 Å². The molecule has 3 rings (SSSR count). The van der Waals surface area contributed by atoms with Gasteiger partial charge in [0.25, 0.3) is 5.56 Å². The molecule has 0 saturated carbocycles. The number of nitrogens with one attached hydrogen (secondary N) is 2. The first-order valence-electron chi connectivity index (χ1n) is 8.53. The molecule has 1 aliphatic heterocycles. The molecule has 25 heavy (non-hydrogen) atoms. The summed E-state index contributed by atoms with van der Waals surface area (Å²) < 4.78 is 5.59. The lowest BCUT2D eigenvalue weighted by Gasteiger charge is -2.22. The maximum absolute atomic E-state index is 12.3. The van der Waals surface area contributed by atoms with Crippen LogP contribution in [0.3, 0.4) is 0 Å². The number of aromatic nitrogens is 3. The number of H-pyrrole nitrogens is 1. The Bertz CT molecular complexity index is 783. The number of carbonyl (C=O) groups is 1. The van der Waals surface area contributed by atoms with Crippen molar-refractivity contribution in [3.63, 3.8) is 0 Å². The molecular formula is C18H22N4O3. The van der Waals surface area contributed by atoms with Crippen molar-refractivity contribution < 1.29 is 9.53 Å². The number of aryl methyl sites for hydroxylation is 1. The molecule has 0 spiro atoms. The third-order valence-electron chi connectivity index (χ3n) is 4.27. The zero-order valence-electron chi connectivity index (χ0n) is 14.2. The number of ether oxygens (including phenoxy) is 1. The van der Waals surface area contributed by atoms with E-state index in [1.165, 1.54) is 0 Å². The SMILES string of the molecule is Cc1nc(-c2ccccn2)[nH]c(=O)c1CC(=O)NCC1CCCCO1. The summed E-state index contributed by atoms with van der Waals surface area (Å²) in [6.45, 7) is 2.96. The number of aromatic amines is 1. The molecule has 2 N–H and O–H groups in total. The smallest absolute Gasteiger partial charge is 0.255 e. The Morgan fingerprint density at radius 1 is 1.40 bits per heavy atom. The monoisotopic (exact) mass is 342 g/mol. The van der Waals surface area contributed by atoms with Crippen LogP contribution in [0.5, 0.6) is 0 Å². The molecule has 1 atom stereocenters. The van der Waals surface area contributed by atoms with Crippen molar-refractivity contribution in [1.82, 2.24) is 20.3 Å². The number of hydrogen-bond acceptors (Lipinski definition) is 5. The molecule has 132 valence electrons. The minimum atomic E-state index is -0.308. The van der Waals surface area contributed by atoms with Crippen molar-refractivity contribution in [2.75, 3.05) is 13.2 Å². The molecule has 0 aromatic carbocycles. The molecule has 1 aliphatic rings. The van der Waals surface area contributed by atoms with Gasteiger partial charge in [-0.15, -0.1) is 0 Å². The lowest BCUT2D eigenvalue weighted by Crippen LogP contribution is -2.37. The molecule has 7 nitrogen and oxygen atoms in total. The summed E-state index contributed by atoms with van der Waals surface area (Å²) in [4.78, 5) is 35.8. The van der Waals surface area contributed by atoms with E-state index in [0.717, 1.165) is 25.9 Å². The van der Waals surface area contributed by atoms with E-state index < -0.39 is 0 Å². The van der Waals surface area contributed by atoms with E-state index in [1.54, 1.807) is 25.3 Å². The molecule has 2 aromatic rings. The van der Waals surface area contributed by atoms with Crippen LogP contribution in [0.1, 0.15) is 30.5 Å². The van der Waals surface area contributed by atoms with Crippen LogP contribution in [-0.4, -0.2) is 40.1 Å². The van der Waals surface area contributed by atoms with Gasteiger partial charge in [0.05, 0.1) is 12.5 Å². The van der Waals surface area contributed by atoms with E-state index in [4.69, 9.17) is 4.74 Å². The molecule has 0 bridgehead atoms. The van der Waals surface area contributed by atoms with Crippen LogP contribution < -0.4 is 10.9 Å². The fourth-order valence-corrected chi connectivity index (χ4v) is 2.86. The summed E-state index contributed by atoms with van der Waals surface area (Å²) >= 11 is 0. The molecule has 2 aromatic heterocycles. The first-order chi connectivity index (χ1) is 12.1. The van der Waals surface area contributed by atoms with Crippen LogP contribution in [0.2, 0.25) is 0 Å². The van der Waals surface area contributed by atoms with Crippen molar-refractivity contribution in [2.24, 2.45) is 0 Å². The molecular weight excluding hydrogens is 320 g/mol. The van der Waals surface area contributed by atoms with Crippen LogP contribution in [0.25, 0.3) is 11.5 Å². The minimum absolute atomic E-state index is 0.00336. The van der Waals surface area contributed by atoms with E-state index in [2.05, 4.69) is 20.3 Å². The van der Waals surface area contributed by atoms with E-state index in [1.807, 2.05) is 6.07 Å². The second kappa shape index (κ2) is 8.02. The first-order valence-corrected chi connectivity index (χ1v) is 8.53. The fraction of sp³-hybridized carbons (Fsp3) is 0.444. The number of hydrogen-bond donors (Lipinski definition) is 2. The summed E-state index contributed by atoms with van der Waals surface area (Å²) in [5.41, 5.74) is 1.19. The van der Waals surface area contributed by atoms with Gasteiger partial charge in [-0.25, -0.2) is 4.98 Å². The average molecular weight is 342 g/mol. The van der Waals surface area contributed by atoms with Gasteiger partial charge in [-0.3, -0.25) is 14.6 Å². The molecule has 3 heterocycles. The van der Waals surface area contributed by atoms with Gasteiger partial charge in [0.1, 0.15) is 5.69 Å². The van der Waals surface area contributed by atoms with E-state index in [-0.39, 0.29) is 24.0 Å². The molecule has 1 amide bonds. The van der Waals surface area contributed by atoms with Gasteiger partial charge in [0.2, 0.25) is 5.91 Å². The third kappa shape index (κ3) is 4.51. The summed E-state index contributed by atoms with van der Waals surface area (Å²) in [6.07, 6.45) is 4.87. The molecule has 7 heteroatoms. The molecule has 1 saturated heterocycles. The van der Waals surface area contributed by atoms with Crippen molar-refractivity contribution in [2.45, 2.75) is 38.7 Å². The lowest BCUT2D eigenvalue weighted by molar-refractivity contribution is -0.121. The van der Waals surface area contributed by atoms with Crippen LogP contribution in [0.15, 0.2) is 29.2 Å². The zero-order valence-corrected chi connectivity index (χ0v) is 14.2. The van der Waals surface area contributed by atoms with Crippen molar-refractivity contribution in [3.8, 4) is 11.5 Å².